The summed E-state index contributed by atoms with van der Waals surface area (Å²) in [6.45, 7) is 7.34. The predicted octanol–water partition coefficient (Wildman–Crippen LogP) is 2.41. The normalized spacial score (nSPS) is 11.0. The number of hydrogen-bond acceptors (Lipinski definition) is 4. The highest BCUT2D eigenvalue weighted by Crippen LogP contribution is 2.20. The van der Waals surface area contributed by atoms with E-state index in [9.17, 15) is 4.79 Å². The highest BCUT2D eigenvalue weighted by molar-refractivity contribution is 7.12. The van der Waals surface area contributed by atoms with Crippen LogP contribution < -0.4 is 5.32 Å². The summed E-state index contributed by atoms with van der Waals surface area (Å²) < 4.78 is 3.93. The number of aryl methyl sites for hydroxylation is 3. The topological polar surface area (TPSA) is 64.7 Å². The second kappa shape index (κ2) is 7.00. The van der Waals surface area contributed by atoms with Gasteiger partial charge in [-0.2, -0.15) is 5.10 Å². The average molecular weight is 343 g/mol. The monoisotopic (exact) mass is 343 g/mol. The van der Waals surface area contributed by atoms with E-state index in [1.165, 1.54) is 0 Å². The fourth-order valence-corrected chi connectivity index (χ4v) is 3.52. The molecule has 0 fully saturated rings. The van der Waals surface area contributed by atoms with Crippen LogP contribution in [-0.2, 0) is 17.8 Å². The Hall–Kier alpha value is -2.41. The van der Waals surface area contributed by atoms with Gasteiger partial charge in [-0.3, -0.25) is 14.0 Å². The molecule has 0 saturated carbocycles. The molecule has 3 rings (SSSR count). The first-order valence-electron chi connectivity index (χ1n) is 7.88. The highest BCUT2D eigenvalue weighted by atomic mass is 32.1. The SMILES string of the molecule is Cc1cnn(CCNC(=O)Cc2csc(-n3c(C)ccc3C)n2)c1. The smallest absolute Gasteiger partial charge is 0.226 e. The number of amides is 1. The molecule has 0 bridgehead atoms. The second-order valence-electron chi connectivity index (χ2n) is 5.88. The van der Waals surface area contributed by atoms with E-state index < -0.39 is 0 Å². The Morgan fingerprint density at radius 1 is 1.25 bits per heavy atom. The quantitative estimate of drug-likeness (QED) is 0.747. The van der Waals surface area contributed by atoms with Crippen molar-refractivity contribution < 1.29 is 4.79 Å². The van der Waals surface area contributed by atoms with Gasteiger partial charge in [0, 0.05) is 29.5 Å². The average Bonchev–Trinajstić information content (AvgIpc) is 3.22. The van der Waals surface area contributed by atoms with E-state index in [0.717, 1.165) is 27.8 Å². The lowest BCUT2D eigenvalue weighted by Gasteiger charge is -2.05. The Morgan fingerprint density at radius 2 is 2.00 bits per heavy atom. The van der Waals surface area contributed by atoms with Gasteiger partial charge in [0.05, 0.1) is 24.9 Å². The van der Waals surface area contributed by atoms with Gasteiger partial charge in [-0.05, 0) is 38.5 Å². The zero-order chi connectivity index (χ0) is 17.1. The minimum atomic E-state index is -0.0170. The summed E-state index contributed by atoms with van der Waals surface area (Å²) in [6.07, 6.45) is 4.07. The lowest BCUT2D eigenvalue weighted by Crippen LogP contribution is -2.28. The van der Waals surface area contributed by atoms with Gasteiger partial charge < -0.3 is 5.32 Å². The maximum Gasteiger partial charge on any atom is 0.226 e. The molecule has 3 aromatic rings. The molecule has 1 amide bonds. The first-order valence-corrected chi connectivity index (χ1v) is 8.76. The van der Waals surface area contributed by atoms with Gasteiger partial charge in [-0.25, -0.2) is 4.98 Å². The summed E-state index contributed by atoms with van der Waals surface area (Å²) in [6, 6.07) is 4.14. The van der Waals surface area contributed by atoms with E-state index in [2.05, 4.69) is 45.9 Å². The van der Waals surface area contributed by atoms with Gasteiger partial charge in [0.25, 0.3) is 0 Å². The number of rotatable bonds is 6. The lowest BCUT2D eigenvalue weighted by atomic mass is 10.3. The Morgan fingerprint density at radius 3 is 2.67 bits per heavy atom. The highest BCUT2D eigenvalue weighted by Gasteiger charge is 2.11. The molecule has 126 valence electrons. The molecule has 3 aromatic heterocycles. The van der Waals surface area contributed by atoms with Crippen LogP contribution in [0.2, 0.25) is 0 Å². The van der Waals surface area contributed by atoms with E-state index in [0.29, 0.717) is 19.5 Å². The van der Waals surface area contributed by atoms with Gasteiger partial charge in [0.1, 0.15) is 0 Å². The number of hydrogen-bond donors (Lipinski definition) is 1. The van der Waals surface area contributed by atoms with Crippen molar-refractivity contribution in [1.82, 2.24) is 24.6 Å². The molecular formula is C17H21N5OS. The molecule has 0 unspecified atom stereocenters. The van der Waals surface area contributed by atoms with Crippen molar-refractivity contribution in [2.45, 2.75) is 33.7 Å². The van der Waals surface area contributed by atoms with E-state index in [4.69, 9.17) is 0 Å². The van der Waals surface area contributed by atoms with Crippen LogP contribution in [0.15, 0.2) is 29.9 Å². The molecule has 1 N–H and O–H groups in total. The van der Waals surface area contributed by atoms with Crippen molar-refractivity contribution in [3.63, 3.8) is 0 Å². The van der Waals surface area contributed by atoms with Crippen LogP contribution in [0.5, 0.6) is 0 Å². The Labute approximate surface area is 145 Å². The number of aromatic nitrogens is 4. The van der Waals surface area contributed by atoms with E-state index in [1.54, 1.807) is 11.3 Å². The first-order chi connectivity index (χ1) is 11.5. The maximum atomic E-state index is 12.1. The molecule has 0 spiro atoms. The van der Waals surface area contributed by atoms with Crippen LogP contribution in [0, 0.1) is 20.8 Å². The fraction of sp³-hybridized carbons (Fsp3) is 0.353. The molecule has 6 nitrogen and oxygen atoms in total. The van der Waals surface area contributed by atoms with Crippen molar-refractivity contribution in [3.8, 4) is 5.13 Å². The number of nitrogens with one attached hydrogen (secondary N) is 1. The van der Waals surface area contributed by atoms with Crippen LogP contribution >= 0.6 is 11.3 Å². The summed E-state index contributed by atoms with van der Waals surface area (Å²) in [5.74, 6) is -0.0170. The van der Waals surface area contributed by atoms with Crippen LogP contribution in [0.3, 0.4) is 0 Å². The molecule has 0 aromatic carbocycles. The maximum absolute atomic E-state index is 12.1. The van der Waals surface area contributed by atoms with Crippen LogP contribution in [-0.4, -0.2) is 31.8 Å². The standard InChI is InChI=1S/C17H21N5OS/c1-12-9-19-21(10-12)7-6-18-16(23)8-15-11-24-17(20-15)22-13(2)4-5-14(22)3/h4-5,9-11H,6-8H2,1-3H3,(H,18,23). The second-order valence-corrected chi connectivity index (χ2v) is 6.72. The Bertz CT molecular complexity index is 825. The van der Waals surface area contributed by atoms with Gasteiger partial charge in [0.15, 0.2) is 5.13 Å². The fourth-order valence-electron chi connectivity index (χ4n) is 2.58. The minimum Gasteiger partial charge on any atom is -0.354 e. The van der Waals surface area contributed by atoms with Gasteiger partial charge >= 0.3 is 0 Å². The van der Waals surface area contributed by atoms with Gasteiger partial charge in [-0.15, -0.1) is 11.3 Å². The van der Waals surface area contributed by atoms with E-state index >= 15 is 0 Å². The van der Waals surface area contributed by atoms with E-state index in [-0.39, 0.29) is 5.91 Å². The third-order valence-electron chi connectivity index (χ3n) is 3.77. The molecule has 0 atom stereocenters. The summed E-state index contributed by atoms with van der Waals surface area (Å²) in [5, 5.41) is 9.97. The summed E-state index contributed by atoms with van der Waals surface area (Å²) in [7, 11) is 0. The largest absolute Gasteiger partial charge is 0.354 e. The molecule has 24 heavy (non-hydrogen) atoms. The Kier molecular flexibility index (Phi) is 4.80. The molecule has 0 aliphatic rings. The summed E-state index contributed by atoms with van der Waals surface area (Å²) in [5.41, 5.74) is 4.21. The van der Waals surface area contributed by atoms with E-state index in [1.807, 2.05) is 29.4 Å². The van der Waals surface area contributed by atoms with Crippen LogP contribution in [0.4, 0.5) is 0 Å². The molecule has 0 aliphatic heterocycles. The van der Waals surface area contributed by atoms with Gasteiger partial charge in [-0.1, -0.05) is 0 Å². The van der Waals surface area contributed by atoms with Crippen molar-refractivity contribution >= 4 is 17.2 Å². The summed E-state index contributed by atoms with van der Waals surface area (Å²) >= 11 is 1.56. The third kappa shape index (κ3) is 3.73. The van der Waals surface area contributed by atoms with Crippen LogP contribution in [0.25, 0.3) is 5.13 Å². The lowest BCUT2D eigenvalue weighted by molar-refractivity contribution is -0.120. The summed E-state index contributed by atoms with van der Waals surface area (Å²) in [4.78, 5) is 16.6. The minimum absolute atomic E-state index is 0.0170. The zero-order valence-electron chi connectivity index (χ0n) is 14.1. The van der Waals surface area contributed by atoms with Crippen molar-refractivity contribution in [1.29, 1.82) is 0 Å². The molecule has 0 radical (unpaired) electrons. The zero-order valence-corrected chi connectivity index (χ0v) is 14.9. The molecule has 0 saturated heterocycles. The van der Waals surface area contributed by atoms with Crippen molar-refractivity contribution in [3.05, 3.63) is 52.6 Å². The number of carbonyl (C=O) groups is 1. The van der Waals surface area contributed by atoms with Gasteiger partial charge in [0.2, 0.25) is 5.91 Å². The molecule has 0 aliphatic carbocycles. The number of thiazole rings is 1. The Balaban J connectivity index is 1.54. The molecular weight excluding hydrogens is 322 g/mol. The first kappa shape index (κ1) is 16.4. The predicted molar refractivity (Wildman–Crippen MR) is 94.6 cm³/mol. The van der Waals surface area contributed by atoms with Crippen LogP contribution in [0.1, 0.15) is 22.6 Å². The molecule has 3 heterocycles. The van der Waals surface area contributed by atoms with Crippen molar-refractivity contribution in [2.75, 3.05) is 6.54 Å². The molecule has 7 heteroatoms. The number of nitrogens with zero attached hydrogens (tertiary/aromatic N) is 4. The number of carbonyl (C=O) groups excluding carboxylic acids is 1. The van der Waals surface area contributed by atoms with Crippen molar-refractivity contribution in [2.24, 2.45) is 0 Å². The third-order valence-corrected chi connectivity index (χ3v) is 4.64.